The number of hydrogen-bond donors (Lipinski definition) is 2. The van der Waals surface area contributed by atoms with Crippen molar-refractivity contribution in [3.05, 3.63) is 54.2 Å². The summed E-state index contributed by atoms with van der Waals surface area (Å²) in [5, 5.41) is 0. The highest BCUT2D eigenvalue weighted by Gasteiger charge is 1.98. The lowest BCUT2D eigenvalue weighted by molar-refractivity contribution is 0.212. The molecular formula is C15H19IN4O2. The van der Waals surface area contributed by atoms with Crippen molar-refractivity contribution in [2.24, 2.45) is 16.5 Å². The molecule has 2 aromatic rings. The minimum absolute atomic E-state index is 0. The second-order valence-corrected chi connectivity index (χ2v) is 4.26. The Morgan fingerprint density at radius 2 is 1.73 bits per heavy atom. The smallest absolute Gasteiger partial charge is 0.213 e. The molecule has 0 fully saturated rings. The van der Waals surface area contributed by atoms with Gasteiger partial charge in [-0.05, 0) is 17.7 Å². The number of guanidine groups is 1. The highest BCUT2D eigenvalue weighted by molar-refractivity contribution is 14.0. The maximum Gasteiger partial charge on any atom is 0.213 e. The van der Waals surface area contributed by atoms with Crippen molar-refractivity contribution >= 4 is 29.9 Å². The summed E-state index contributed by atoms with van der Waals surface area (Å²) in [7, 11) is 0. The number of nitrogens with two attached hydrogens (primary N) is 2. The first-order valence-electron chi connectivity index (χ1n) is 6.55. The molecule has 1 aromatic heterocycles. The van der Waals surface area contributed by atoms with Crippen LogP contribution in [0.5, 0.6) is 11.6 Å². The summed E-state index contributed by atoms with van der Waals surface area (Å²) in [4.78, 5) is 8.08. The fraction of sp³-hybridized carbons (Fsp3) is 0.200. The molecule has 0 amide bonds. The number of para-hydroxylation sites is 1. The molecule has 0 atom stereocenters. The van der Waals surface area contributed by atoms with Crippen LogP contribution in [0.4, 0.5) is 0 Å². The monoisotopic (exact) mass is 414 g/mol. The van der Waals surface area contributed by atoms with E-state index in [1.807, 2.05) is 36.4 Å². The summed E-state index contributed by atoms with van der Waals surface area (Å²) in [5.74, 6) is 1.43. The summed E-state index contributed by atoms with van der Waals surface area (Å²) >= 11 is 0. The van der Waals surface area contributed by atoms with Crippen LogP contribution in [0.3, 0.4) is 0 Å². The summed E-state index contributed by atoms with van der Waals surface area (Å²) in [5.41, 5.74) is 11.4. The van der Waals surface area contributed by atoms with Crippen molar-refractivity contribution in [1.82, 2.24) is 4.98 Å². The van der Waals surface area contributed by atoms with Crippen molar-refractivity contribution < 1.29 is 9.47 Å². The molecule has 0 aliphatic carbocycles. The van der Waals surface area contributed by atoms with Crippen LogP contribution in [0.1, 0.15) is 5.56 Å². The van der Waals surface area contributed by atoms with Crippen molar-refractivity contribution in [2.45, 2.75) is 6.54 Å². The van der Waals surface area contributed by atoms with Gasteiger partial charge in [0, 0.05) is 12.3 Å². The van der Waals surface area contributed by atoms with E-state index in [2.05, 4.69) is 9.98 Å². The van der Waals surface area contributed by atoms with Crippen LogP contribution in [-0.4, -0.2) is 24.2 Å². The first-order valence-corrected chi connectivity index (χ1v) is 6.55. The minimum atomic E-state index is 0. The summed E-state index contributed by atoms with van der Waals surface area (Å²) in [6.07, 6.45) is 1.68. The number of nitrogens with zero attached hydrogens (tertiary/aromatic N) is 2. The normalized spacial score (nSPS) is 9.45. The van der Waals surface area contributed by atoms with Crippen LogP contribution >= 0.6 is 24.0 Å². The number of aliphatic imine (C=N–C) groups is 1. The zero-order chi connectivity index (χ0) is 14.9. The molecule has 4 N–H and O–H groups in total. The van der Waals surface area contributed by atoms with Crippen LogP contribution in [0, 0.1) is 0 Å². The second kappa shape index (κ2) is 9.82. The van der Waals surface area contributed by atoms with Gasteiger partial charge in [0.15, 0.2) is 5.96 Å². The SMILES string of the molecule is I.NC(N)=NCc1ccc(OCCOc2ccccc2)nc1. The van der Waals surface area contributed by atoms with Gasteiger partial charge in [-0.2, -0.15) is 0 Å². The Hall–Kier alpha value is -2.03. The van der Waals surface area contributed by atoms with Gasteiger partial charge in [-0.1, -0.05) is 24.3 Å². The number of pyridine rings is 1. The van der Waals surface area contributed by atoms with Gasteiger partial charge in [-0.15, -0.1) is 24.0 Å². The van der Waals surface area contributed by atoms with E-state index in [4.69, 9.17) is 20.9 Å². The summed E-state index contributed by atoms with van der Waals surface area (Å²) < 4.78 is 11.0. The Bertz CT molecular complexity index is 572. The van der Waals surface area contributed by atoms with Gasteiger partial charge in [-0.3, -0.25) is 0 Å². The fourth-order valence-corrected chi connectivity index (χ4v) is 1.59. The van der Waals surface area contributed by atoms with E-state index in [0.717, 1.165) is 11.3 Å². The quantitative estimate of drug-likeness (QED) is 0.313. The fourth-order valence-electron chi connectivity index (χ4n) is 1.59. The van der Waals surface area contributed by atoms with Crippen LogP contribution in [0.2, 0.25) is 0 Å². The molecule has 0 bridgehead atoms. The zero-order valence-electron chi connectivity index (χ0n) is 12.0. The van der Waals surface area contributed by atoms with Crippen LogP contribution in [0.25, 0.3) is 0 Å². The molecule has 0 aliphatic heterocycles. The Balaban J connectivity index is 0.00000242. The standard InChI is InChI=1S/C15H18N4O2.HI/c16-15(17)19-11-12-6-7-14(18-10-12)21-9-8-20-13-4-2-1-3-5-13;/h1-7,10H,8-9,11H2,(H4,16,17,19);1H. The first-order chi connectivity index (χ1) is 10.2. The molecule has 118 valence electrons. The average molecular weight is 414 g/mol. The Labute approximate surface area is 146 Å². The molecule has 0 aliphatic rings. The van der Waals surface area contributed by atoms with E-state index in [1.54, 1.807) is 12.3 Å². The van der Waals surface area contributed by atoms with Gasteiger partial charge < -0.3 is 20.9 Å². The molecule has 0 unspecified atom stereocenters. The van der Waals surface area contributed by atoms with Crippen LogP contribution in [-0.2, 0) is 6.54 Å². The van der Waals surface area contributed by atoms with Gasteiger partial charge in [-0.25, -0.2) is 9.98 Å². The largest absolute Gasteiger partial charge is 0.490 e. The number of benzene rings is 1. The lowest BCUT2D eigenvalue weighted by Gasteiger charge is -2.07. The highest BCUT2D eigenvalue weighted by atomic mass is 127. The first kappa shape index (κ1) is 18.0. The van der Waals surface area contributed by atoms with Crippen molar-refractivity contribution in [2.75, 3.05) is 13.2 Å². The third-order valence-electron chi connectivity index (χ3n) is 2.59. The Kier molecular flexibility index (Phi) is 8.05. The topological polar surface area (TPSA) is 95.8 Å². The maximum absolute atomic E-state index is 5.52. The van der Waals surface area contributed by atoms with E-state index in [9.17, 15) is 0 Å². The van der Waals surface area contributed by atoms with Crippen molar-refractivity contribution in [3.8, 4) is 11.6 Å². The van der Waals surface area contributed by atoms with E-state index >= 15 is 0 Å². The van der Waals surface area contributed by atoms with E-state index in [-0.39, 0.29) is 29.9 Å². The molecular weight excluding hydrogens is 395 g/mol. The van der Waals surface area contributed by atoms with E-state index in [1.165, 1.54) is 0 Å². The molecule has 0 saturated heterocycles. The highest BCUT2D eigenvalue weighted by Crippen LogP contribution is 2.10. The van der Waals surface area contributed by atoms with Gasteiger partial charge in [0.25, 0.3) is 0 Å². The molecule has 0 radical (unpaired) electrons. The van der Waals surface area contributed by atoms with E-state index < -0.39 is 0 Å². The molecule has 0 spiro atoms. The summed E-state index contributed by atoms with van der Waals surface area (Å²) in [6, 6.07) is 13.2. The number of rotatable bonds is 7. The lowest BCUT2D eigenvalue weighted by Crippen LogP contribution is -2.22. The molecule has 22 heavy (non-hydrogen) atoms. The lowest BCUT2D eigenvalue weighted by atomic mass is 10.3. The molecule has 1 heterocycles. The Morgan fingerprint density at radius 1 is 1.00 bits per heavy atom. The van der Waals surface area contributed by atoms with E-state index in [0.29, 0.717) is 25.6 Å². The maximum atomic E-state index is 5.52. The Morgan fingerprint density at radius 3 is 2.36 bits per heavy atom. The number of ether oxygens (including phenoxy) is 2. The van der Waals surface area contributed by atoms with Gasteiger partial charge >= 0.3 is 0 Å². The predicted octanol–water partition coefficient (Wildman–Crippen LogP) is 1.93. The summed E-state index contributed by atoms with van der Waals surface area (Å²) in [6.45, 7) is 1.29. The van der Waals surface area contributed by atoms with Crippen LogP contribution in [0.15, 0.2) is 53.7 Å². The van der Waals surface area contributed by atoms with Crippen LogP contribution < -0.4 is 20.9 Å². The molecule has 6 nitrogen and oxygen atoms in total. The average Bonchev–Trinajstić information content (AvgIpc) is 2.52. The van der Waals surface area contributed by atoms with Crippen molar-refractivity contribution in [3.63, 3.8) is 0 Å². The number of aromatic nitrogens is 1. The third-order valence-corrected chi connectivity index (χ3v) is 2.59. The van der Waals surface area contributed by atoms with Gasteiger partial charge in [0.1, 0.15) is 19.0 Å². The molecule has 2 rings (SSSR count). The second-order valence-electron chi connectivity index (χ2n) is 4.26. The molecule has 0 saturated carbocycles. The molecule has 7 heteroatoms. The van der Waals surface area contributed by atoms with Gasteiger partial charge in [0.05, 0.1) is 6.54 Å². The minimum Gasteiger partial charge on any atom is -0.490 e. The zero-order valence-corrected chi connectivity index (χ0v) is 14.3. The van der Waals surface area contributed by atoms with Gasteiger partial charge in [0.2, 0.25) is 5.88 Å². The molecule has 1 aromatic carbocycles. The predicted molar refractivity (Wildman–Crippen MR) is 96.6 cm³/mol. The third kappa shape index (κ3) is 6.61. The van der Waals surface area contributed by atoms with Crippen molar-refractivity contribution in [1.29, 1.82) is 0 Å². The number of hydrogen-bond acceptors (Lipinski definition) is 4. The number of halogens is 1.